The lowest BCUT2D eigenvalue weighted by molar-refractivity contribution is 0.0920. The fraction of sp³-hybridized carbons (Fsp3) is 0.333. The molecule has 0 fully saturated rings. The van der Waals surface area contributed by atoms with Crippen molar-refractivity contribution in [2.75, 3.05) is 23.7 Å². The fourth-order valence-electron chi connectivity index (χ4n) is 2.03. The molecule has 0 saturated heterocycles. The van der Waals surface area contributed by atoms with E-state index in [-0.39, 0.29) is 17.9 Å². The quantitative estimate of drug-likeness (QED) is 0.718. The lowest BCUT2D eigenvalue weighted by atomic mass is 10.1. The molecule has 23 heavy (non-hydrogen) atoms. The van der Waals surface area contributed by atoms with Crippen LogP contribution in [0.2, 0.25) is 0 Å². The SMILES string of the molecule is CSC[S@](=O)C[C@H](CO)NC(=O)c1cc2ccccc2oc1=O. The normalized spacial score (nSPS) is 13.7. The van der Waals surface area contributed by atoms with Crippen LogP contribution < -0.4 is 10.9 Å². The van der Waals surface area contributed by atoms with Gasteiger partial charge in [0.1, 0.15) is 11.1 Å². The van der Waals surface area contributed by atoms with Gasteiger partial charge in [0, 0.05) is 21.9 Å². The largest absolute Gasteiger partial charge is 0.422 e. The summed E-state index contributed by atoms with van der Waals surface area (Å²) in [7, 11) is -1.16. The van der Waals surface area contributed by atoms with E-state index in [0.717, 1.165) is 0 Å². The molecule has 0 aliphatic carbocycles. The van der Waals surface area contributed by atoms with Gasteiger partial charge in [0.05, 0.1) is 17.7 Å². The fourth-order valence-corrected chi connectivity index (χ4v) is 4.10. The van der Waals surface area contributed by atoms with Crippen LogP contribution in [0.4, 0.5) is 0 Å². The zero-order valence-corrected chi connectivity index (χ0v) is 14.1. The number of nitrogens with one attached hydrogen (secondary N) is 1. The number of hydrogen-bond acceptors (Lipinski definition) is 6. The van der Waals surface area contributed by atoms with Crippen molar-refractivity contribution in [3.8, 4) is 0 Å². The Balaban J connectivity index is 2.17. The van der Waals surface area contributed by atoms with Gasteiger partial charge in [-0.05, 0) is 18.4 Å². The lowest BCUT2D eigenvalue weighted by Gasteiger charge is -2.15. The second-order valence-corrected chi connectivity index (χ2v) is 7.58. The minimum atomic E-state index is -1.16. The predicted molar refractivity (Wildman–Crippen MR) is 92.2 cm³/mol. The zero-order chi connectivity index (χ0) is 16.8. The number of carbonyl (C=O) groups excluding carboxylic acids is 1. The number of hydrogen-bond donors (Lipinski definition) is 2. The van der Waals surface area contributed by atoms with E-state index in [4.69, 9.17) is 4.42 Å². The van der Waals surface area contributed by atoms with Crippen molar-refractivity contribution >= 4 is 39.4 Å². The molecular weight excluding hydrogens is 338 g/mol. The molecule has 1 aromatic heterocycles. The summed E-state index contributed by atoms with van der Waals surface area (Å²) in [5.74, 6) is -0.521. The van der Waals surface area contributed by atoms with Crippen LogP contribution >= 0.6 is 11.8 Å². The summed E-state index contributed by atoms with van der Waals surface area (Å²) in [5.41, 5.74) is -0.491. The van der Waals surface area contributed by atoms with Gasteiger partial charge in [-0.2, -0.15) is 11.8 Å². The Bertz CT molecular complexity index is 774. The van der Waals surface area contributed by atoms with Gasteiger partial charge >= 0.3 is 5.63 Å². The number of fused-ring (bicyclic) bond motifs is 1. The van der Waals surface area contributed by atoms with Crippen LogP contribution in [0.3, 0.4) is 0 Å². The van der Waals surface area contributed by atoms with Crippen molar-refractivity contribution in [2.45, 2.75) is 6.04 Å². The third kappa shape index (κ3) is 4.66. The maximum atomic E-state index is 12.2. The van der Waals surface area contributed by atoms with E-state index in [2.05, 4.69) is 5.32 Å². The third-order valence-electron chi connectivity index (χ3n) is 3.08. The highest BCUT2D eigenvalue weighted by Crippen LogP contribution is 2.12. The topological polar surface area (TPSA) is 96.6 Å². The standard InChI is InChI=1S/C15H17NO5S2/c1-22-9-23(20)8-11(7-17)16-14(18)12-6-10-4-2-3-5-13(10)21-15(12)19/h2-6,11,17H,7-9H2,1H3,(H,16,18)/t11-,23+/m0/s1. The van der Waals surface area contributed by atoms with Gasteiger partial charge in [-0.3, -0.25) is 9.00 Å². The number of aliphatic hydroxyl groups excluding tert-OH is 1. The maximum Gasteiger partial charge on any atom is 0.349 e. The van der Waals surface area contributed by atoms with E-state index < -0.39 is 28.4 Å². The number of carbonyl (C=O) groups is 1. The molecule has 0 saturated carbocycles. The number of para-hydroxylation sites is 1. The van der Waals surface area contributed by atoms with Crippen molar-refractivity contribution in [1.82, 2.24) is 5.32 Å². The van der Waals surface area contributed by atoms with Crippen LogP contribution in [0, 0.1) is 0 Å². The molecule has 124 valence electrons. The van der Waals surface area contributed by atoms with E-state index in [1.165, 1.54) is 17.8 Å². The lowest BCUT2D eigenvalue weighted by Crippen LogP contribution is -2.42. The molecule has 0 aliphatic rings. The summed E-state index contributed by atoms with van der Waals surface area (Å²) in [6, 6.07) is 7.64. The van der Waals surface area contributed by atoms with Gasteiger partial charge in [-0.1, -0.05) is 18.2 Å². The molecule has 1 heterocycles. The Labute approximate surface area is 139 Å². The minimum absolute atomic E-state index is 0.127. The van der Waals surface area contributed by atoms with Crippen LogP contribution in [-0.2, 0) is 10.8 Å². The van der Waals surface area contributed by atoms with Gasteiger partial charge in [0.15, 0.2) is 0 Å². The van der Waals surface area contributed by atoms with Gasteiger partial charge in [0.25, 0.3) is 5.91 Å². The minimum Gasteiger partial charge on any atom is -0.422 e. The summed E-state index contributed by atoms with van der Waals surface area (Å²) < 4.78 is 16.8. The number of rotatable bonds is 7. The molecule has 2 rings (SSSR count). The number of benzene rings is 1. The molecule has 2 aromatic rings. The first-order chi connectivity index (χ1) is 11.0. The van der Waals surface area contributed by atoms with Gasteiger partial charge in [0.2, 0.25) is 0 Å². The summed E-state index contributed by atoms with van der Waals surface area (Å²) >= 11 is 1.42. The van der Waals surface area contributed by atoms with Crippen LogP contribution in [0.15, 0.2) is 39.5 Å². The predicted octanol–water partition coefficient (Wildman–Crippen LogP) is 0.953. The van der Waals surface area contributed by atoms with Crippen molar-refractivity contribution in [2.24, 2.45) is 0 Å². The monoisotopic (exact) mass is 355 g/mol. The van der Waals surface area contributed by atoms with Crippen LogP contribution in [-0.4, -0.2) is 45.0 Å². The molecule has 2 atom stereocenters. The first kappa shape index (κ1) is 17.7. The molecule has 0 aliphatic heterocycles. The van der Waals surface area contributed by atoms with E-state index in [1.54, 1.807) is 24.3 Å². The van der Waals surface area contributed by atoms with Gasteiger partial charge < -0.3 is 14.8 Å². The summed E-state index contributed by atoms with van der Waals surface area (Å²) in [6.07, 6.45) is 1.82. The van der Waals surface area contributed by atoms with E-state index in [9.17, 15) is 18.9 Å². The van der Waals surface area contributed by atoms with E-state index >= 15 is 0 Å². The zero-order valence-electron chi connectivity index (χ0n) is 12.5. The maximum absolute atomic E-state index is 12.2. The molecule has 8 heteroatoms. The molecule has 0 spiro atoms. The highest BCUT2D eigenvalue weighted by Gasteiger charge is 2.19. The smallest absolute Gasteiger partial charge is 0.349 e. The van der Waals surface area contributed by atoms with Crippen molar-refractivity contribution in [3.05, 3.63) is 46.3 Å². The van der Waals surface area contributed by atoms with E-state index in [1.807, 2.05) is 6.26 Å². The highest BCUT2D eigenvalue weighted by atomic mass is 32.2. The number of thioether (sulfide) groups is 1. The molecule has 1 amide bonds. The summed E-state index contributed by atoms with van der Waals surface area (Å²) in [6.45, 7) is -0.356. The Morgan fingerprint density at radius 1 is 1.43 bits per heavy atom. The molecule has 6 nitrogen and oxygen atoms in total. The van der Waals surface area contributed by atoms with Crippen LogP contribution in [0.5, 0.6) is 0 Å². The van der Waals surface area contributed by atoms with Crippen molar-refractivity contribution in [1.29, 1.82) is 0 Å². The van der Waals surface area contributed by atoms with Crippen LogP contribution in [0.1, 0.15) is 10.4 Å². The van der Waals surface area contributed by atoms with Crippen LogP contribution in [0.25, 0.3) is 11.0 Å². The highest BCUT2D eigenvalue weighted by molar-refractivity contribution is 8.09. The molecule has 0 radical (unpaired) electrons. The van der Waals surface area contributed by atoms with Crippen molar-refractivity contribution in [3.63, 3.8) is 0 Å². The Morgan fingerprint density at radius 2 is 2.17 bits per heavy atom. The third-order valence-corrected chi connectivity index (χ3v) is 5.85. The van der Waals surface area contributed by atoms with Crippen molar-refractivity contribution < 1.29 is 18.5 Å². The first-order valence-corrected chi connectivity index (χ1v) is 9.72. The molecule has 1 aromatic carbocycles. The second-order valence-electron chi connectivity index (χ2n) is 4.85. The Hall–Kier alpha value is -1.64. The average molecular weight is 355 g/mol. The number of aliphatic hydroxyl groups is 1. The van der Waals surface area contributed by atoms with E-state index in [0.29, 0.717) is 16.1 Å². The van der Waals surface area contributed by atoms with Gasteiger partial charge in [-0.25, -0.2) is 4.79 Å². The molecule has 0 unspecified atom stereocenters. The Kier molecular flexibility index (Phi) is 6.37. The second kappa shape index (κ2) is 8.28. The summed E-state index contributed by atoms with van der Waals surface area (Å²) in [4.78, 5) is 24.1. The first-order valence-electron chi connectivity index (χ1n) is 6.83. The summed E-state index contributed by atoms with van der Waals surface area (Å²) in [5, 5.41) is 12.9. The molecule has 2 N–H and O–H groups in total. The molecule has 0 bridgehead atoms. The Morgan fingerprint density at radius 3 is 2.87 bits per heavy atom. The number of amides is 1. The average Bonchev–Trinajstić information content (AvgIpc) is 2.53. The van der Waals surface area contributed by atoms with Gasteiger partial charge in [-0.15, -0.1) is 0 Å². The molecular formula is C15H17NO5S2.